The van der Waals surface area contributed by atoms with Crippen molar-refractivity contribution in [2.45, 2.75) is 45.2 Å². The predicted molar refractivity (Wildman–Crippen MR) is 134 cm³/mol. The van der Waals surface area contributed by atoms with E-state index < -0.39 is 35.5 Å². The van der Waals surface area contributed by atoms with E-state index in [9.17, 15) is 19.5 Å². The molecule has 2 amide bonds. The summed E-state index contributed by atoms with van der Waals surface area (Å²) in [5, 5.41) is 14.8. The Kier molecular flexibility index (Phi) is 8.17. The van der Waals surface area contributed by atoms with E-state index in [-0.39, 0.29) is 18.9 Å². The highest BCUT2D eigenvalue weighted by molar-refractivity contribution is 5.90. The molecule has 0 aliphatic heterocycles. The molecular formula is C27H35N3O5. The van der Waals surface area contributed by atoms with Gasteiger partial charge < -0.3 is 25.4 Å². The van der Waals surface area contributed by atoms with E-state index in [4.69, 9.17) is 4.74 Å². The molecule has 8 heteroatoms. The fourth-order valence-electron chi connectivity index (χ4n) is 4.33. The minimum absolute atomic E-state index is 0.0995. The standard InChI is InChI=1S/C27H35N3O5/c1-27(2,3)23(24(31)28-22(25(32)33)14-15-30(4)5)29-26(34)35-16-21-19-12-8-6-10-17(19)18-11-7-9-13-20(18)21/h6-13,21-23H,14-16H2,1-5H3,(H,28,31)(H,29,34)(H,32,33)/t22?,23-/m1/s1. The number of hydrogen-bond donors (Lipinski definition) is 3. The average Bonchev–Trinajstić information content (AvgIpc) is 3.11. The number of ether oxygens (including phenoxy) is 1. The first-order chi connectivity index (χ1) is 16.5. The Morgan fingerprint density at radius 2 is 1.51 bits per heavy atom. The third-order valence-corrected chi connectivity index (χ3v) is 6.21. The molecule has 0 radical (unpaired) electrons. The lowest BCUT2D eigenvalue weighted by molar-refractivity contribution is -0.142. The quantitative estimate of drug-likeness (QED) is 0.506. The van der Waals surface area contributed by atoms with Gasteiger partial charge in [0.1, 0.15) is 18.7 Å². The van der Waals surface area contributed by atoms with Gasteiger partial charge in [0.15, 0.2) is 0 Å². The summed E-state index contributed by atoms with van der Waals surface area (Å²) >= 11 is 0. The second kappa shape index (κ2) is 10.9. The SMILES string of the molecule is CN(C)CCC(NC(=O)[C@@H](NC(=O)OCC1c2ccccc2-c2ccccc21)C(C)(C)C)C(=O)O. The molecule has 3 N–H and O–H groups in total. The molecule has 0 spiro atoms. The smallest absolute Gasteiger partial charge is 0.407 e. The molecule has 2 atom stereocenters. The van der Waals surface area contributed by atoms with Crippen molar-refractivity contribution in [2.24, 2.45) is 5.41 Å². The summed E-state index contributed by atoms with van der Waals surface area (Å²) in [6, 6.07) is 14.1. The minimum atomic E-state index is -1.12. The molecule has 0 aromatic heterocycles. The number of hydrogen-bond acceptors (Lipinski definition) is 5. The van der Waals surface area contributed by atoms with E-state index in [1.165, 1.54) is 0 Å². The van der Waals surface area contributed by atoms with Crippen LogP contribution in [-0.2, 0) is 14.3 Å². The first-order valence-electron chi connectivity index (χ1n) is 11.8. The molecule has 0 saturated heterocycles. The Balaban J connectivity index is 1.67. The van der Waals surface area contributed by atoms with Gasteiger partial charge >= 0.3 is 12.1 Å². The number of rotatable bonds is 9. The van der Waals surface area contributed by atoms with Crippen molar-refractivity contribution in [3.05, 3.63) is 59.7 Å². The number of aliphatic carboxylic acids is 1. The molecule has 35 heavy (non-hydrogen) atoms. The summed E-state index contributed by atoms with van der Waals surface area (Å²) in [6.07, 6.45) is -0.474. The molecule has 0 saturated carbocycles. The normalized spacial score (nSPS) is 14.6. The lowest BCUT2D eigenvalue weighted by atomic mass is 9.86. The van der Waals surface area contributed by atoms with E-state index >= 15 is 0 Å². The maximum atomic E-state index is 13.0. The summed E-state index contributed by atoms with van der Waals surface area (Å²) in [7, 11) is 3.66. The summed E-state index contributed by atoms with van der Waals surface area (Å²) < 4.78 is 5.59. The van der Waals surface area contributed by atoms with E-state index in [1.54, 1.807) is 20.8 Å². The number of benzene rings is 2. The largest absolute Gasteiger partial charge is 0.480 e. The van der Waals surface area contributed by atoms with Crippen molar-refractivity contribution in [3.63, 3.8) is 0 Å². The second-order valence-electron chi connectivity index (χ2n) is 10.3. The minimum Gasteiger partial charge on any atom is -0.480 e. The highest BCUT2D eigenvalue weighted by Crippen LogP contribution is 2.44. The number of nitrogens with zero attached hydrogens (tertiary/aromatic N) is 1. The number of alkyl carbamates (subject to hydrolysis) is 1. The molecule has 1 aliphatic rings. The molecule has 0 fully saturated rings. The number of carbonyl (C=O) groups is 3. The maximum Gasteiger partial charge on any atom is 0.407 e. The molecule has 3 rings (SSSR count). The number of carbonyl (C=O) groups excluding carboxylic acids is 2. The topological polar surface area (TPSA) is 108 Å². The number of carboxylic acid groups (broad SMARTS) is 1. The number of nitrogens with one attached hydrogen (secondary N) is 2. The van der Waals surface area contributed by atoms with Gasteiger partial charge in [0.05, 0.1) is 0 Å². The number of fused-ring (bicyclic) bond motifs is 3. The molecule has 1 aliphatic carbocycles. The predicted octanol–water partition coefficient (Wildman–Crippen LogP) is 3.46. The Labute approximate surface area is 206 Å². The highest BCUT2D eigenvalue weighted by Gasteiger charge is 2.36. The van der Waals surface area contributed by atoms with Gasteiger partial charge in [-0.3, -0.25) is 4.79 Å². The van der Waals surface area contributed by atoms with Gasteiger partial charge in [-0.15, -0.1) is 0 Å². The molecule has 0 bridgehead atoms. The van der Waals surface area contributed by atoms with Crippen LogP contribution in [0, 0.1) is 5.41 Å². The van der Waals surface area contributed by atoms with E-state index in [1.807, 2.05) is 55.4 Å². The molecule has 8 nitrogen and oxygen atoms in total. The van der Waals surface area contributed by atoms with Crippen LogP contribution in [0.15, 0.2) is 48.5 Å². The van der Waals surface area contributed by atoms with E-state index in [0.717, 1.165) is 22.3 Å². The van der Waals surface area contributed by atoms with Gasteiger partial charge in [-0.2, -0.15) is 0 Å². The van der Waals surface area contributed by atoms with Crippen molar-refractivity contribution in [3.8, 4) is 11.1 Å². The van der Waals surface area contributed by atoms with Crippen molar-refractivity contribution in [1.29, 1.82) is 0 Å². The Hall–Kier alpha value is -3.39. The molecular weight excluding hydrogens is 446 g/mol. The van der Waals surface area contributed by atoms with Crippen molar-refractivity contribution in [2.75, 3.05) is 27.2 Å². The van der Waals surface area contributed by atoms with Crippen LogP contribution >= 0.6 is 0 Å². The van der Waals surface area contributed by atoms with Crippen LogP contribution in [0.3, 0.4) is 0 Å². The van der Waals surface area contributed by atoms with Gasteiger partial charge in [0, 0.05) is 12.5 Å². The summed E-state index contributed by atoms with van der Waals surface area (Å²) in [5.41, 5.74) is 3.77. The van der Waals surface area contributed by atoms with Crippen molar-refractivity contribution < 1.29 is 24.2 Å². The monoisotopic (exact) mass is 481 g/mol. The third-order valence-electron chi connectivity index (χ3n) is 6.21. The van der Waals surface area contributed by atoms with Crippen LogP contribution in [0.5, 0.6) is 0 Å². The summed E-state index contributed by atoms with van der Waals surface area (Å²) in [6.45, 7) is 6.03. The number of amides is 2. The Bertz CT molecular complexity index is 1030. The van der Waals surface area contributed by atoms with Gasteiger partial charge in [0.2, 0.25) is 5.91 Å². The highest BCUT2D eigenvalue weighted by atomic mass is 16.5. The molecule has 2 aromatic carbocycles. The zero-order valence-corrected chi connectivity index (χ0v) is 21.0. The van der Waals surface area contributed by atoms with Gasteiger partial charge in [-0.05, 0) is 48.2 Å². The summed E-state index contributed by atoms with van der Waals surface area (Å²) in [4.78, 5) is 39.3. The zero-order chi connectivity index (χ0) is 25.8. The first-order valence-corrected chi connectivity index (χ1v) is 11.8. The molecule has 2 aromatic rings. The average molecular weight is 482 g/mol. The molecule has 1 unspecified atom stereocenters. The van der Waals surface area contributed by atoms with Gasteiger partial charge in [-0.25, -0.2) is 9.59 Å². The maximum absolute atomic E-state index is 13.0. The van der Waals surface area contributed by atoms with Crippen molar-refractivity contribution in [1.82, 2.24) is 15.5 Å². The van der Waals surface area contributed by atoms with E-state index in [0.29, 0.717) is 6.54 Å². The van der Waals surface area contributed by atoms with Crippen LogP contribution < -0.4 is 10.6 Å². The molecule has 188 valence electrons. The van der Waals surface area contributed by atoms with Crippen LogP contribution in [0.2, 0.25) is 0 Å². The van der Waals surface area contributed by atoms with Crippen LogP contribution in [0.1, 0.15) is 44.2 Å². The zero-order valence-electron chi connectivity index (χ0n) is 21.0. The second-order valence-corrected chi connectivity index (χ2v) is 10.3. The number of carboxylic acids is 1. The lowest BCUT2D eigenvalue weighted by Crippen LogP contribution is -2.57. The van der Waals surface area contributed by atoms with Gasteiger partial charge in [-0.1, -0.05) is 69.3 Å². The molecule has 0 heterocycles. The van der Waals surface area contributed by atoms with Gasteiger partial charge in [0.25, 0.3) is 0 Å². The van der Waals surface area contributed by atoms with Crippen LogP contribution in [-0.4, -0.2) is 67.3 Å². The third kappa shape index (κ3) is 6.39. The first kappa shape index (κ1) is 26.2. The lowest BCUT2D eigenvalue weighted by Gasteiger charge is -2.31. The fraction of sp³-hybridized carbons (Fsp3) is 0.444. The van der Waals surface area contributed by atoms with Crippen LogP contribution in [0.4, 0.5) is 4.79 Å². The summed E-state index contributed by atoms with van der Waals surface area (Å²) in [5.74, 6) is -1.77. The van der Waals surface area contributed by atoms with E-state index in [2.05, 4.69) is 22.8 Å². The Morgan fingerprint density at radius 3 is 2.00 bits per heavy atom. The van der Waals surface area contributed by atoms with Crippen LogP contribution in [0.25, 0.3) is 11.1 Å². The van der Waals surface area contributed by atoms with Crippen molar-refractivity contribution >= 4 is 18.0 Å². The fourth-order valence-corrected chi connectivity index (χ4v) is 4.33. The Morgan fingerprint density at radius 1 is 0.971 bits per heavy atom.